The van der Waals surface area contributed by atoms with E-state index in [4.69, 9.17) is 0 Å². The maximum atomic E-state index is 13.1. The summed E-state index contributed by atoms with van der Waals surface area (Å²) in [6.45, 7) is 0. The van der Waals surface area contributed by atoms with E-state index in [0.717, 1.165) is 17.2 Å². The molecule has 0 spiro atoms. The zero-order valence-corrected chi connectivity index (χ0v) is 12.9. The smallest absolute Gasteiger partial charge is 0.123 e. The Balaban J connectivity index is 1.86. The van der Waals surface area contributed by atoms with Crippen LogP contribution in [0, 0.1) is 5.82 Å². The summed E-state index contributed by atoms with van der Waals surface area (Å²) in [5, 5.41) is 0. The summed E-state index contributed by atoms with van der Waals surface area (Å²) in [4.78, 5) is 0.0708. The number of nitrogens with zero attached hydrogens (tertiary/aromatic N) is 1. The molecule has 0 unspecified atom stereocenters. The predicted molar refractivity (Wildman–Crippen MR) is 88.5 cm³/mol. The van der Waals surface area contributed by atoms with Crippen molar-refractivity contribution in [1.29, 1.82) is 0 Å². The van der Waals surface area contributed by atoms with Gasteiger partial charge < -0.3 is 4.72 Å². The molecule has 3 aromatic carbocycles. The van der Waals surface area contributed by atoms with Crippen molar-refractivity contribution < 1.29 is 12.8 Å². The van der Waals surface area contributed by atoms with E-state index >= 15 is 0 Å². The van der Waals surface area contributed by atoms with Crippen molar-refractivity contribution in [2.24, 2.45) is 0 Å². The van der Waals surface area contributed by atoms with Crippen LogP contribution in [0.3, 0.4) is 0 Å². The summed E-state index contributed by atoms with van der Waals surface area (Å²) < 4.78 is 41.3. The molecule has 5 heteroatoms. The highest BCUT2D eigenvalue weighted by molar-refractivity contribution is 7.94. The van der Waals surface area contributed by atoms with Crippen LogP contribution in [0.5, 0.6) is 0 Å². The fourth-order valence-electron chi connectivity index (χ4n) is 2.17. The third kappa shape index (κ3) is 3.57. The molecule has 0 radical (unpaired) electrons. The van der Waals surface area contributed by atoms with Crippen LogP contribution in [-0.4, -0.2) is 8.42 Å². The zero-order chi connectivity index (χ0) is 16.3. The minimum absolute atomic E-state index is 0.0668. The normalized spacial score (nSPS) is 11.2. The van der Waals surface area contributed by atoms with Crippen molar-refractivity contribution in [3.63, 3.8) is 0 Å². The Kier molecular flexibility index (Phi) is 4.12. The van der Waals surface area contributed by atoms with E-state index in [2.05, 4.69) is 4.72 Å². The third-order valence-corrected chi connectivity index (χ3v) is 4.61. The van der Waals surface area contributed by atoms with Crippen molar-refractivity contribution in [2.75, 3.05) is 0 Å². The molecule has 0 saturated carbocycles. The summed E-state index contributed by atoms with van der Waals surface area (Å²) in [5.41, 5.74) is 1.98. The van der Waals surface area contributed by atoms with E-state index in [0.29, 0.717) is 0 Å². The minimum Gasteiger partial charge on any atom is -0.573 e. The standard InChI is InChI=1S/C18H13FNO2S/c19-16-7-4-8-17(13-16)20-23(21,22)18-11-9-15(10-12-18)14-5-2-1-3-6-14/h1-13H/q-1. The lowest BCUT2D eigenvalue weighted by Gasteiger charge is -2.21. The summed E-state index contributed by atoms with van der Waals surface area (Å²) in [5.74, 6) is -0.527. The van der Waals surface area contributed by atoms with Crippen LogP contribution in [-0.2, 0) is 10.0 Å². The molecule has 23 heavy (non-hydrogen) atoms. The minimum atomic E-state index is -3.87. The fourth-order valence-corrected chi connectivity index (χ4v) is 3.15. The summed E-state index contributed by atoms with van der Waals surface area (Å²) >= 11 is 0. The average Bonchev–Trinajstić information content (AvgIpc) is 2.55. The van der Waals surface area contributed by atoms with Crippen LogP contribution in [0.2, 0.25) is 0 Å². The molecule has 0 aliphatic rings. The zero-order valence-electron chi connectivity index (χ0n) is 12.1. The second kappa shape index (κ2) is 6.22. The van der Waals surface area contributed by atoms with Crippen molar-refractivity contribution in [1.82, 2.24) is 0 Å². The van der Waals surface area contributed by atoms with E-state index in [1.54, 1.807) is 12.1 Å². The average molecular weight is 326 g/mol. The molecule has 0 heterocycles. The first-order chi connectivity index (χ1) is 11.0. The van der Waals surface area contributed by atoms with Crippen LogP contribution in [0.1, 0.15) is 0 Å². The first-order valence-electron chi connectivity index (χ1n) is 6.94. The fraction of sp³-hybridized carbons (Fsp3) is 0. The van der Waals surface area contributed by atoms with Crippen LogP contribution in [0.25, 0.3) is 15.8 Å². The summed E-state index contributed by atoms with van der Waals surface area (Å²) in [6, 6.07) is 21.3. The second-order valence-corrected chi connectivity index (χ2v) is 6.54. The first kappa shape index (κ1) is 15.2. The molecule has 3 nitrogen and oxygen atoms in total. The Morgan fingerprint density at radius 2 is 1.39 bits per heavy atom. The Labute approximate surface area is 134 Å². The topological polar surface area (TPSA) is 48.2 Å². The molecule has 0 aliphatic heterocycles. The Hall–Kier alpha value is -2.66. The molecule has 0 saturated heterocycles. The highest BCUT2D eigenvalue weighted by atomic mass is 32.2. The van der Waals surface area contributed by atoms with Gasteiger partial charge in [0.05, 0.1) is 4.90 Å². The maximum absolute atomic E-state index is 13.1. The lowest BCUT2D eigenvalue weighted by molar-refractivity contribution is 0.603. The van der Waals surface area contributed by atoms with Crippen LogP contribution in [0.15, 0.2) is 83.8 Å². The number of hydrogen-bond acceptors (Lipinski definition) is 2. The van der Waals surface area contributed by atoms with E-state index in [1.165, 1.54) is 30.3 Å². The van der Waals surface area contributed by atoms with E-state index < -0.39 is 15.8 Å². The quantitative estimate of drug-likeness (QED) is 0.685. The van der Waals surface area contributed by atoms with Gasteiger partial charge in [0.2, 0.25) is 0 Å². The highest BCUT2D eigenvalue weighted by Gasteiger charge is 2.06. The Morgan fingerprint density at radius 3 is 2.04 bits per heavy atom. The van der Waals surface area contributed by atoms with Crippen molar-refractivity contribution >= 4 is 15.7 Å². The predicted octanol–water partition coefficient (Wildman–Crippen LogP) is 4.89. The molecule has 3 rings (SSSR count). The Bertz CT molecular complexity index is 907. The van der Waals surface area contributed by atoms with E-state index in [-0.39, 0.29) is 10.6 Å². The molecule has 0 bridgehead atoms. The molecule has 0 N–H and O–H groups in total. The lowest BCUT2D eigenvalue weighted by atomic mass is 10.1. The molecule has 0 aliphatic carbocycles. The maximum Gasteiger partial charge on any atom is 0.123 e. The van der Waals surface area contributed by atoms with Gasteiger partial charge in [-0.25, -0.2) is 12.8 Å². The van der Waals surface area contributed by atoms with Gasteiger partial charge in [0.1, 0.15) is 15.8 Å². The van der Waals surface area contributed by atoms with Crippen LogP contribution in [0.4, 0.5) is 10.1 Å². The van der Waals surface area contributed by atoms with Gasteiger partial charge in [0.25, 0.3) is 0 Å². The Morgan fingerprint density at radius 1 is 0.739 bits per heavy atom. The lowest BCUT2D eigenvalue weighted by Crippen LogP contribution is -1.97. The van der Waals surface area contributed by atoms with Crippen molar-refractivity contribution in [3.05, 3.63) is 89.4 Å². The largest absolute Gasteiger partial charge is 0.573 e. The molecular weight excluding hydrogens is 313 g/mol. The van der Waals surface area contributed by atoms with Gasteiger partial charge in [0, 0.05) is 0 Å². The molecule has 116 valence electrons. The van der Waals surface area contributed by atoms with Crippen LogP contribution >= 0.6 is 0 Å². The number of hydrogen-bond donors (Lipinski definition) is 0. The van der Waals surface area contributed by atoms with E-state index in [9.17, 15) is 12.8 Å². The molecule has 0 fully saturated rings. The number of benzene rings is 3. The molecule has 0 aromatic heterocycles. The van der Waals surface area contributed by atoms with Gasteiger partial charge in [-0.05, 0) is 35.4 Å². The van der Waals surface area contributed by atoms with Gasteiger partial charge in [-0.2, -0.15) is 0 Å². The molecule has 0 amide bonds. The van der Waals surface area contributed by atoms with Crippen molar-refractivity contribution in [3.8, 4) is 11.1 Å². The number of rotatable bonds is 4. The molecule has 0 atom stereocenters. The van der Waals surface area contributed by atoms with Gasteiger partial charge in [-0.15, -0.1) is 5.69 Å². The van der Waals surface area contributed by atoms with Crippen LogP contribution < -0.4 is 0 Å². The van der Waals surface area contributed by atoms with Gasteiger partial charge in [0.15, 0.2) is 0 Å². The number of sulfonamides is 1. The highest BCUT2D eigenvalue weighted by Crippen LogP contribution is 2.29. The van der Waals surface area contributed by atoms with Gasteiger partial charge in [-0.1, -0.05) is 54.6 Å². The summed E-state index contributed by atoms with van der Waals surface area (Å²) in [7, 11) is -3.87. The second-order valence-electron chi connectivity index (χ2n) is 4.94. The SMILES string of the molecule is O=S(=O)([N-]c1cccc(F)c1)c1ccc(-c2ccccc2)cc1. The monoisotopic (exact) mass is 326 g/mol. The summed E-state index contributed by atoms with van der Waals surface area (Å²) in [6.07, 6.45) is 0. The van der Waals surface area contributed by atoms with Gasteiger partial charge >= 0.3 is 0 Å². The molecular formula is C18H13FNO2S-. The van der Waals surface area contributed by atoms with E-state index in [1.807, 2.05) is 30.3 Å². The number of halogens is 1. The van der Waals surface area contributed by atoms with Gasteiger partial charge in [-0.3, -0.25) is 0 Å². The first-order valence-corrected chi connectivity index (χ1v) is 8.38. The third-order valence-electron chi connectivity index (χ3n) is 3.29. The van der Waals surface area contributed by atoms with Crippen molar-refractivity contribution in [2.45, 2.75) is 4.90 Å². The molecule has 3 aromatic rings.